The molecular formula is C20H31N3O5. The maximum Gasteiger partial charge on any atom is 0.326 e. The van der Waals surface area contributed by atoms with Crippen LogP contribution in [-0.2, 0) is 20.8 Å². The molecule has 156 valence electrons. The fourth-order valence-electron chi connectivity index (χ4n) is 2.70. The molecule has 6 N–H and O–H groups in total. The number of hydrogen-bond donors (Lipinski definition) is 5. The fourth-order valence-corrected chi connectivity index (χ4v) is 2.70. The molecule has 0 aliphatic carbocycles. The molecule has 0 saturated carbocycles. The number of nitrogens with one attached hydrogen (secondary N) is 2. The highest BCUT2D eigenvalue weighted by molar-refractivity contribution is 5.92. The topological polar surface area (TPSA) is 142 Å². The van der Waals surface area contributed by atoms with E-state index >= 15 is 0 Å². The zero-order valence-corrected chi connectivity index (χ0v) is 16.8. The Hall–Kier alpha value is -2.61. The van der Waals surface area contributed by atoms with Gasteiger partial charge in [0.05, 0.1) is 6.04 Å². The molecule has 0 fully saturated rings. The highest BCUT2D eigenvalue weighted by atomic mass is 16.4. The van der Waals surface area contributed by atoms with E-state index in [9.17, 15) is 24.6 Å². The second-order valence-electron chi connectivity index (χ2n) is 7.42. The minimum Gasteiger partial charge on any atom is -0.508 e. The van der Waals surface area contributed by atoms with Crippen molar-refractivity contribution in [3.63, 3.8) is 0 Å². The summed E-state index contributed by atoms with van der Waals surface area (Å²) >= 11 is 0. The summed E-state index contributed by atoms with van der Waals surface area (Å²) in [6, 6.07) is 3.53. The lowest BCUT2D eigenvalue weighted by Gasteiger charge is -2.27. The normalized spacial score (nSPS) is 15.4. The van der Waals surface area contributed by atoms with Crippen molar-refractivity contribution in [3.05, 3.63) is 29.8 Å². The maximum absolute atomic E-state index is 12.6. The van der Waals surface area contributed by atoms with E-state index in [0.29, 0.717) is 6.42 Å². The highest BCUT2D eigenvalue weighted by Gasteiger charge is 2.31. The molecule has 8 nitrogen and oxygen atoms in total. The first-order chi connectivity index (χ1) is 13.1. The Balaban J connectivity index is 2.79. The number of hydrogen-bond acceptors (Lipinski definition) is 5. The number of carbonyl (C=O) groups excluding carboxylic acids is 2. The third-order valence-electron chi connectivity index (χ3n) is 4.75. The number of rotatable bonds is 10. The molecule has 0 aliphatic heterocycles. The molecule has 2 amide bonds. The number of amides is 2. The molecule has 0 aliphatic rings. The van der Waals surface area contributed by atoms with Gasteiger partial charge in [-0.25, -0.2) is 4.79 Å². The molecule has 0 radical (unpaired) electrons. The summed E-state index contributed by atoms with van der Waals surface area (Å²) in [7, 11) is 0. The van der Waals surface area contributed by atoms with E-state index in [0.717, 1.165) is 5.56 Å². The standard InChI is InChI=1S/C20H31N3O5/c1-5-12(4)17(20(27)28)23-19(26)16(11(2)3)22-18(25)15(21)10-13-6-8-14(24)9-7-13/h6-9,11-12,15-17,24H,5,10,21H2,1-4H3,(H,22,25)(H,23,26)(H,27,28)/t12-,15-,16-,17-/m0/s1. The molecule has 0 spiro atoms. The summed E-state index contributed by atoms with van der Waals surface area (Å²) in [5, 5.41) is 23.8. The predicted molar refractivity (Wildman–Crippen MR) is 106 cm³/mol. The van der Waals surface area contributed by atoms with Crippen LogP contribution in [0.15, 0.2) is 24.3 Å². The number of nitrogens with two attached hydrogens (primary N) is 1. The highest BCUT2D eigenvalue weighted by Crippen LogP contribution is 2.12. The van der Waals surface area contributed by atoms with Crippen LogP contribution in [0.2, 0.25) is 0 Å². The van der Waals surface area contributed by atoms with Crippen molar-refractivity contribution in [2.24, 2.45) is 17.6 Å². The number of phenolic OH excluding ortho intramolecular Hbond substituents is 1. The van der Waals surface area contributed by atoms with Gasteiger partial charge in [0.1, 0.15) is 17.8 Å². The Labute approximate surface area is 165 Å². The molecule has 1 aromatic rings. The molecule has 0 unspecified atom stereocenters. The quantitative estimate of drug-likeness (QED) is 0.402. The molecule has 28 heavy (non-hydrogen) atoms. The van der Waals surface area contributed by atoms with Crippen molar-refractivity contribution in [2.75, 3.05) is 0 Å². The van der Waals surface area contributed by atoms with Gasteiger partial charge in [0, 0.05) is 0 Å². The van der Waals surface area contributed by atoms with Gasteiger partial charge in [0.25, 0.3) is 0 Å². The Morgan fingerprint density at radius 3 is 2.00 bits per heavy atom. The van der Waals surface area contributed by atoms with Crippen molar-refractivity contribution < 1.29 is 24.6 Å². The Bertz CT molecular complexity index is 675. The molecule has 1 aromatic carbocycles. The fraction of sp³-hybridized carbons (Fsp3) is 0.550. The Kier molecular flexibility index (Phi) is 8.91. The van der Waals surface area contributed by atoms with Gasteiger partial charge in [-0.15, -0.1) is 0 Å². The van der Waals surface area contributed by atoms with Crippen LogP contribution >= 0.6 is 0 Å². The summed E-state index contributed by atoms with van der Waals surface area (Å²) in [6.07, 6.45) is 0.830. The minimum atomic E-state index is -1.11. The average molecular weight is 393 g/mol. The largest absolute Gasteiger partial charge is 0.508 e. The number of aromatic hydroxyl groups is 1. The molecule has 0 heterocycles. The number of carboxylic acids is 1. The summed E-state index contributed by atoms with van der Waals surface area (Å²) in [4.78, 5) is 36.5. The van der Waals surface area contributed by atoms with Crippen molar-refractivity contribution in [1.29, 1.82) is 0 Å². The zero-order chi connectivity index (χ0) is 21.4. The molecule has 0 saturated heterocycles. The molecule has 0 bridgehead atoms. The van der Waals surface area contributed by atoms with Gasteiger partial charge in [-0.2, -0.15) is 0 Å². The van der Waals surface area contributed by atoms with Crippen molar-refractivity contribution in [1.82, 2.24) is 10.6 Å². The third kappa shape index (κ3) is 6.84. The van der Waals surface area contributed by atoms with E-state index in [1.165, 1.54) is 12.1 Å². The van der Waals surface area contributed by atoms with Gasteiger partial charge in [0.15, 0.2) is 0 Å². The first-order valence-electron chi connectivity index (χ1n) is 9.43. The monoisotopic (exact) mass is 393 g/mol. The number of phenols is 1. The molecular weight excluding hydrogens is 362 g/mol. The Morgan fingerprint density at radius 1 is 1.00 bits per heavy atom. The minimum absolute atomic E-state index is 0.118. The average Bonchev–Trinajstić information content (AvgIpc) is 2.64. The molecule has 4 atom stereocenters. The second kappa shape index (κ2) is 10.7. The lowest BCUT2D eigenvalue weighted by Crippen LogP contribution is -2.57. The van der Waals surface area contributed by atoms with Crippen LogP contribution in [0.1, 0.15) is 39.7 Å². The molecule has 1 rings (SSSR count). The lowest BCUT2D eigenvalue weighted by molar-refractivity contribution is -0.144. The maximum atomic E-state index is 12.6. The van der Waals surface area contributed by atoms with Gasteiger partial charge in [-0.1, -0.05) is 46.2 Å². The first kappa shape index (κ1) is 23.4. The SMILES string of the molecule is CC[C@H](C)[C@H](NC(=O)[C@@H](NC(=O)[C@@H](N)Cc1ccc(O)cc1)C(C)C)C(=O)O. The van der Waals surface area contributed by atoms with E-state index in [1.807, 2.05) is 6.92 Å². The van der Waals surface area contributed by atoms with Crippen LogP contribution in [-0.4, -0.2) is 46.1 Å². The van der Waals surface area contributed by atoms with Gasteiger partial charge < -0.3 is 26.6 Å². The van der Waals surface area contributed by atoms with Crippen LogP contribution in [0.3, 0.4) is 0 Å². The number of aliphatic carboxylic acids is 1. The van der Waals surface area contributed by atoms with Crippen LogP contribution in [0.4, 0.5) is 0 Å². The molecule has 0 aromatic heterocycles. The van der Waals surface area contributed by atoms with Crippen LogP contribution in [0, 0.1) is 11.8 Å². The summed E-state index contributed by atoms with van der Waals surface area (Å²) in [6.45, 7) is 7.11. The summed E-state index contributed by atoms with van der Waals surface area (Å²) in [5.74, 6) is -2.55. The van der Waals surface area contributed by atoms with E-state index in [2.05, 4.69) is 10.6 Å². The third-order valence-corrected chi connectivity index (χ3v) is 4.75. The summed E-state index contributed by atoms with van der Waals surface area (Å²) < 4.78 is 0. The van der Waals surface area contributed by atoms with Crippen molar-refractivity contribution >= 4 is 17.8 Å². The number of benzene rings is 1. The van der Waals surface area contributed by atoms with Gasteiger partial charge in [-0.3, -0.25) is 9.59 Å². The van der Waals surface area contributed by atoms with Crippen LogP contribution in [0.25, 0.3) is 0 Å². The molecule has 8 heteroatoms. The summed E-state index contributed by atoms with van der Waals surface area (Å²) in [5.41, 5.74) is 6.73. The van der Waals surface area contributed by atoms with Crippen LogP contribution < -0.4 is 16.4 Å². The zero-order valence-electron chi connectivity index (χ0n) is 16.8. The van der Waals surface area contributed by atoms with E-state index in [-0.39, 0.29) is 24.0 Å². The van der Waals surface area contributed by atoms with E-state index in [1.54, 1.807) is 32.9 Å². The number of carbonyl (C=O) groups is 3. The van der Waals surface area contributed by atoms with E-state index in [4.69, 9.17) is 5.73 Å². The van der Waals surface area contributed by atoms with Gasteiger partial charge in [0.2, 0.25) is 11.8 Å². The van der Waals surface area contributed by atoms with Gasteiger partial charge >= 0.3 is 5.97 Å². The van der Waals surface area contributed by atoms with Gasteiger partial charge in [-0.05, 0) is 36.0 Å². The van der Waals surface area contributed by atoms with Crippen molar-refractivity contribution in [2.45, 2.75) is 58.7 Å². The van der Waals surface area contributed by atoms with E-state index < -0.39 is 35.9 Å². The second-order valence-corrected chi connectivity index (χ2v) is 7.42. The van der Waals surface area contributed by atoms with Crippen molar-refractivity contribution in [3.8, 4) is 5.75 Å². The predicted octanol–water partition coefficient (Wildman–Crippen LogP) is 1.02. The Morgan fingerprint density at radius 2 is 1.54 bits per heavy atom. The van der Waals surface area contributed by atoms with Crippen LogP contribution in [0.5, 0.6) is 5.75 Å². The first-order valence-corrected chi connectivity index (χ1v) is 9.43. The number of carboxylic acid groups (broad SMARTS) is 1. The smallest absolute Gasteiger partial charge is 0.326 e. The lowest BCUT2D eigenvalue weighted by atomic mass is 9.97.